The molecule has 0 spiro atoms. The second-order valence-corrected chi connectivity index (χ2v) is 8.13. The molecule has 3 aromatic rings. The normalized spacial score (nSPS) is 15.0. The van der Waals surface area contributed by atoms with Crippen LogP contribution in [0, 0.1) is 0 Å². The zero-order valence-electron chi connectivity index (χ0n) is 18.3. The van der Waals surface area contributed by atoms with Crippen LogP contribution in [0.2, 0.25) is 0 Å². The topological polar surface area (TPSA) is 91.7 Å². The van der Waals surface area contributed by atoms with Crippen molar-refractivity contribution in [3.8, 4) is 0 Å². The maximum atomic E-state index is 13.1. The molecular formula is C26H27N3O4. The Morgan fingerprint density at radius 2 is 1.58 bits per heavy atom. The summed E-state index contributed by atoms with van der Waals surface area (Å²) < 4.78 is 5.17. The Balaban J connectivity index is 1.36. The maximum Gasteiger partial charge on any atom is 0.287 e. The second-order valence-electron chi connectivity index (χ2n) is 8.13. The number of carbonyl (C=O) groups excluding carboxylic acids is 3. The van der Waals surface area contributed by atoms with Crippen molar-refractivity contribution >= 4 is 17.7 Å². The van der Waals surface area contributed by atoms with Gasteiger partial charge in [0.1, 0.15) is 6.04 Å². The molecule has 1 saturated heterocycles. The minimum atomic E-state index is -0.742. The van der Waals surface area contributed by atoms with Crippen molar-refractivity contribution < 1.29 is 18.8 Å². The van der Waals surface area contributed by atoms with Gasteiger partial charge in [0.25, 0.3) is 11.8 Å². The minimum Gasteiger partial charge on any atom is -0.459 e. The molecule has 1 fully saturated rings. The highest BCUT2D eigenvalue weighted by Crippen LogP contribution is 2.15. The number of carbonyl (C=O) groups is 3. The Morgan fingerprint density at radius 3 is 2.21 bits per heavy atom. The highest BCUT2D eigenvalue weighted by molar-refractivity contribution is 5.96. The zero-order valence-corrected chi connectivity index (χ0v) is 18.3. The quantitative estimate of drug-likeness (QED) is 0.585. The van der Waals surface area contributed by atoms with Crippen molar-refractivity contribution in [2.45, 2.75) is 31.3 Å². The van der Waals surface area contributed by atoms with Crippen molar-refractivity contribution in [1.82, 2.24) is 15.5 Å². The molecule has 0 radical (unpaired) electrons. The van der Waals surface area contributed by atoms with Gasteiger partial charge in [-0.1, -0.05) is 48.5 Å². The number of nitrogens with zero attached hydrogens (tertiary/aromatic N) is 1. The van der Waals surface area contributed by atoms with E-state index in [4.69, 9.17) is 4.42 Å². The van der Waals surface area contributed by atoms with E-state index in [0.29, 0.717) is 37.9 Å². The van der Waals surface area contributed by atoms with Crippen LogP contribution in [-0.4, -0.2) is 47.8 Å². The molecule has 2 N–H and O–H groups in total. The number of nitrogens with one attached hydrogen (secondary N) is 2. The third-order valence-corrected chi connectivity index (χ3v) is 5.80. The fourth-order valence-corrected chi connectivity index (χ4v) is 3.99. The second kappa shape index (κ2) is 10.6. The molecule has 1 aromatic heterocycles. The molecular weight excluding hydrogens is 418 g/mol. The van der Waals surface area contributed by atoms with Crippen molar-refractivity contribution in [2.24, 2.45) is 0 Å². The lowest BCUT2D eigenvalue weighted by atomic mass is 10.0. The Bertz CT molecular complexity index is 1060. The van der Waals surface area contributed by atoms with Crippen molar-refractivity contribution in [2.75, 3.05) is 13.1 Å². The summed E-state index contributed by atoms with van der Waals surface area (Å²) in [7, 11) is 0. The van der Waals surface area contributed by atoms with Crippen LogP contribution in [0.25, 0.3) is 0 Å². The summed E-state index contributed by atoms with van der Waals surface area (Å²) in [6.07, 6.45) is 3.11. The minimum absolute atomic E-state index is 0.00745. The third-order valence-electron chi connectivity index (χ3n) is 5.80. The molecule has 1 atom stereocenters. The summed E-state index contributed by atoms with van der Waals surface area (Å²) in [5.74, 6) is -0.507. The number of likely N-dealkylation sites (tertiary alicyclic amines) is 1. The summed E-state index contributed by atoms with van der Waals surface area (Å²) in [6.45, 7) is 1.14. The molecule has 4 rings (SSSR count). The third kappa shape index (κ3) is 5.88. The number of hydrogen-bond acceptors (Lipinski definition) is 4. The fourth-order valence-electron chi connectivity index (χ4n) is 3.99. The number of hydrogen-bond donors (Lipinski definition) is 2. The zero-order chi connectivity index (χ0) is 23.0. The highest BCUT2D eigenvalue weighted by Gasteiger charge is 2.28. The van der Waals surface area contributed by atoms with Gasteiger partial charge in [-0.25, -0.2) is 0 Å². The predicted octanol–water partition coefficient (Wildman–Crippen LogP) is 3.04. The van der Waals surface area contributed by atoms with Crippen LogP contribution in [0.4, 0.5) is 0 Å². The molecule has 7 heteroatoms. The number of amides is 3. The Kier molecular flexibility index (Phi) is 7.19. The summed E-state index contributed by atoms with van der Waals surface area (Å²) in [6, 6.07) is 21.2. The molecule has 0 aliphatic carbocycles. The van der Waals surface area contributed by atoms with Crippen LogP contribution in [0.3, 0.4) is 0 Å². The Hall–Kier alpha value is -3.87. The molecule has 1 aliphatic heterocycles. The highest BCUT2D eigenvalue weighted by atomic mass is 16.3. The smallest absolute Gasteiger partial charge is 0.287 e. The van der Waals surface area contributed by atoms with Gasteiger partial charge in [0.15, 0.2) is 5.76 Å². The number of piperidine rings is 1. The number of rotatable bonds is 7. The van der Waals surface area contributed by atoms with Crippen LogP contribution in [0.1, 0.15) is 39.3 Å². The van der Waals surface area contributed by atoms with E-state index < -0.39 is 11.9 Å². The van der Waals surface area contributed by atoms with Crippen LogP contribution in [0.5, 0.6) is 0 Å². The van der Waals surface area contributed by atoms with Crippen molar-refractivity contribution in [1.29, 1.82) is 0 Å². The average Bonchev–Trinajstić information content (AvgIpc) is 3.40. The van der Waals surface area contributed by atoms with Crippen LogP contribution in [0.15, 0.2) is 83.5 Å². The average molecular weight is 446 g/mol. The Morgan fingerprint density at radius 1 is 0.909 bits per heavy atom. The molecule has 7 nitrogen and oxygen atoms in total. The molecule has 0 bridgehead atoms. The fraction of sp³-hybridized carbons (Fsp3) is 0.269. The van der Waals surface area contributed by atoms with E-state index in [1.165, 1.54) is 6.26 Å². The monoisotopic (exact) mass is 445 g/mol. The molecule has 170 valence electrons. The SMILES string of the molecule is O=C(N[C@H](Cc1ccccc1)C(=O)NC1CCN(C(=O)c2ccccc2)CC1)c1ccco1. The lowest BCUT2D eigenvalue weighted by Crippen LogP contribution is -2.53. The van der Waals surface area contributed by atoms with Gasteiger partial charge in [-0.2, -0.15) is 0 Å². The number of furan rings is 1. The molecule has 2 aromatic carbocycles. The largest absolute Gasteiger partial charge is 0.459 e. The first-order valence-electron chi connectivity index (χ1n) is 11.1. The van der Waals surface area contributed by atoms with Gasteiger partial charge in [0.05, 0.1) is 6.26 Å². The van der Waals surface area contributed by atoms with Gasteiger partial charge >= 0.3 is 0 Å². The van der Waals surface area contributed by atoms with E-state index in [2.05, 4.69) is 10.6 Å². The van der Waals surface area contributed by atoms with E-state index in [1.54, 1.807) is 12.1 Å². The first-order chi connectivity index (χ1) is 16.1. The Labute approximate surface area is 192 Å². The molecule has 2 heterocycles. The van der Waals surface area contributed by atoms with E-state index in [9.17, 15) is 14.4 Å². The van der Waals surface area contributed by atoms with Gasteiger partial charge in [0, 0.05) is 31.1 Å². The standard InChI is InChI=1S/C26H27N3O4/c30-24(27-21-13-15-29(16-14-21)26(32)20-10-5-2-6-11-20)22(18-19-8-3-1-4-9-19)28-25(31)23-12-7-17-33-23/h1-12,17,21-22H,13-16,18H2,(H,27,30)(H,28,31)/t22-/m1/s1. The first-order valence-corrected chi connectivity index (χ1v) is 11.1. The molecule has 0 unspecified atom stereocenters. The first kappa shape index (κ1) is 22.3. The van der Waals surface area contributed by atoms with E-state index in [1.807, 2.05) is 65.6 Å². The van der Waals surface area contributed by atoms with Gasteiger partial charge in [0.2, 0.25) is 5.91 Å². The lowest BCUT2D eigenvalue weighted by molar-refractivity contribution is -0.123. The summed E-state index contributed by atoms with van der Waals surface area (Å²) in [5.41, 5.74) is 1.62. The summed E-state index contributed by atoms with van der Waals surface area (Å²) in [4.78, 5) is 40.1. The number of benzene rings is 2. The maximum absolute atomic E-state index is 13.1. The van der Waals surface area contributed by atoms with Gasteiger partial charge in [-0.05, 0) is 42.7 Å². The van der Waals surface area contributed by atoms with E-state index in [-0.39, 0.29) is 23.6 Å². The van der Waals surface area contributed by atoms with E-state index >= 15 is 0 Å². The summed E-state index contributed by atoms with van der Waals surface area (Å²) >= 11 is 0. The molecule has 3 amide bonds. The lowest BCUT2D eigenvalue weighted by Gasteiger charge is -2.33. The molecule has 33 heavy (non-hydrogen) atoms. The van der Waals surface area contributed by atoms with Gasteiger partial charge in [-0.3, -0.25) is 14.4 Å². The molecule has 1 aliphatic rings. The van der Waals surface area contributed by atoms with Gasteiger partial charge in [-0.15, -0.1) is 0 Å². The van der Waals surface area contributed by atoms with Gasteiger partial charge < -0.3 is 20.0 Å². The van der Waals surface area contributed by atoms with Crippen LogP contribution in [-0.2, 0) is 11.2 Å². The van der Waals surface area contributed by atoms with Crippen LogP contribution < -0.4 is 10.6 Å². The summed E-state index contributed by atoms with van der Waals surface area (Å²) in [5, 5.41) is 5.86. The van der Waals surface area contributed by atoms with Crippen molar-refractivity contribution in [3.63, 3.8) is 0 Å². The van der Waals surface area contributed by atoms with Crippen molar-refractivity contribution in [3.05, 3.63) is 95.9 Å². The van der Waals surface area contributed by atoms with Crippen LogP contribution >= 0.6 is 0 Å². The molecule has 0 saturated carbocycles. The predicted molar refractivity (Wildman–Crippen MR) is 124 cm³/mol. The van der Waals surface area contributed by atoms with E-state index in [0.717, 1.165) is 5.56 Å².